The van der Waals surface area contributed by atoms with E-state index in [9.17, 15) is 15.0 Å². The van der Waals surface area contributed by atoms with Crippen molar-refractivity contribution in [3.8, 4) is 0 Å². The van der Waals surface area contributed by atoms with Gasteiger partial charge in [0.25, 0.3) is 0 Å². The summed E-state index contributed by atoms with van der Waals surface area (Å²) in [5, 5.41) is 19.8. The van der Waals surface area contributed by atoms with Crippen molar-refractivity contribution in [2.75, 3.05) is 7.11 Å². The van der Waals surface area contributed by atoms with Crippen LogP contribution in [0.2, 0.25) is 0 Å². The number of carbonyl (C=O) groups is 1. The fourth-order valence-electron chi connectivity index (χ4n) is 2.59. The summed E-state index contributed by atoms with van der Waals surface area (Å²) in [7, 11) is 1.27. The van der Waals surface area contributed by atoms with Crippen LogP contribution >= 0.6 is 0 Å². The van der Waals surface area contributed by atoms with Gasteiger partial charge in [0.15, 0.2) is 0 Å². The zero-order valence-electron chi connectivity index (χ0n) is 14.8. The second-order valence-electron chi connectivity index (χ2n) is 5.93. The van der Waals surface area contributed by atoms with Crippen molar-refractivity contribution in [2.45, 2.75) is 25.0 Å². The molecular weight excluding hydrogens is 328 g/mol. The van der Waals surface area contributed by atoms with E-state index in [4.69, 9.17) is 0 Å². The molecule has 0 saturated heterocycles. The summed E-state index contributed by atoms with van der Waals surface area (Å²) in [5.74, 6) is -0.496. The van der Waals surface area contributed by atoms with Crippen LogP contribution in [0.5, 0.6) is 0 Å². The Labute approximate surface area is 154 Å². The van der Waals surface area contributed by atoms with Gasteiger partial charge in [-0.15, -0.1) is 0 Å². The summed E-state index contributed by atoms with van der Waals surface area (Å²) < 4.78 is 4.50. The highest BCUT2D eigenvalue weighted by Gasteiger charge is 2.14. The number of ether oxygens (including phenoxy) is 1. The van der Waals surface area contributed by atoms with E-state index in [1.165, 1.54) is 7.11 Å². The van der Waals surface area contributed by atoms with Crippen LogP contribution in [0.4, 0.5) is 0 Å². The number of carbonyl (C=O) groups excluding carboxylic acids is 1. The predicted octanol–water partition coefficient (Wildman–Crippen LogP) is 3.35. The minimum absolute atomic E-state index is 0.0748. The summed E-state index contributed by atoms with van der Waals surface area (Å²) in [6.07, 6.45) is 3.47. The van der Waals surface area contributed by atoms with Crippen LogP contribution in [0, 0.1) is 0 Å². The van der Waals surface area contributed by atoms with E-state index in [1.807, 2.05) is 66.7 Å². The quantitative estimate of drug-likeness (QED) is 0.565. The number of esters is 1. The van der Waals surface area contributed by atoms with E-state index in [0.717, 1.165) is 16.7 Å². The lowest BCUT2D eigenvalue weighted by Crippen LogP contribution is -2.20. The number of allylic oxidation sites excluding steroid dienone is 2. The molecule has 0 radical (unpaired) electrons. The Morgan fingerprint density at radius 3 is 2.04 bits per heavy atom. The van der Waals surface area contributed by atoms with Gasteiger partial charge in [-0.2, -0.15) is 0 Å². The second-order valence-corrected chi connectivity index (χ2v) is 5.93. The van der Waals surface area contributed by atoms with Gasteiger partial charge in [-0.05, 0) is 16.7 Å². The van der Waals surface area contributed by atoms with Crippen LogP contribution in [0.1, 0.15) is 24.0 Å². The smallest absolute Gasteiger partial charge is 0.308 e. The number of aliphatic hydroxyl groups is 2. The minimum atomic E-state index is -0.936. The second kappa shape index (κ2) is 10.3. The monoisotopic (exact) mass is 352 g/mol. The summed E-state index contributed by atoms with van der Waals surface area (Å²) in [6.45, 7) is 0. The van der Waals surface area contributed by atoms with Gasteiger partial charge in [0.1, 0.15) is 0 Å². The van der Waals surface area contributed by atoms with E-state index < -0.39 is 18.2 Å². The van der Waals surface area contributed by atoms with Crippen molar-refractivity contribution >= 4 is 11.5 Å². The fraction of sp³-hybridized carbons (Fsp3) is 0.227. The average Bonchev–Trinajstić information content (AvgIpc) is 2.66. The number of methoxy groups -OCH3 is 1. The predicted molar refractivity (Wildman–Crippen MR) is 102 cm³/mol. The summed E-state index contributed by atoms with van der Waals surface area (Å²) >= 11 is 0. The molecule has 2 atom stereocenters. The summed E-state index contributed by atoms with van der Waals surface area (Å²) in [5.41, 5.74) is 3.18. The molecule has 0 bridgehead atoms. The number of hydrogen-bond donors (Lipinski definition) is 2. The van der Waals surface area contributed by atoms with Gasteiger partial charge >= 0.3 is 5.97 Å². The molecule has 0 unspecified atom stereocenters. The summed E-state index contributed by atoms with van der Waals surface area (Å²) in [4.78, 5) is 11.1. The Morgan fingerprint density at radius 2 is 1.54 bits per heavy atom. The average molecular weight is 352 g/mol. The molecule has 2 aromatic rings. The lowest BCUT2D eigenvalue weighted by Gasteiger charge is -2.11. The highest BCUT2D eigenvalue weighted by atomic mass is 16.5. The van der Waals surface area contributed by atoms with E-state index >= 15 is 0 Å². The van der Waals surface area contributed by atoms with Crippen LogP contribution < -0.4 is 0 Å². The standard InChI is InChI=1S/C22H24O4/c1-26-22(25)16-20(24)15-19(23)13-8-14-21(17-9-4-2-5-10-17)18-11-6-3-7-12-18/h2-14,19-20,23-24H,15-16H2,1H3/t19-,20-/m1/s1. The first-order valence-corrected chi connectivity index (χ1v) is 8.52. The molecule has 0 aliphatic carbocycles. The van der Waals surface area contributed by atoms with Crippen molar-refractivity contribution < 1.29 is 19.7 Å². The highest BCUT2D eigenvalue weighted by molar-refractivity contribution is 5.80. The first-order chi connectivity index (χ1) is 12.6. The Hall–Kier alpha value is -2.69. The van der Waals surface area contributed by atoms with Crippen molar-refractivity contribution in [2.24, 2.45) is 0 Å². The molecule has 0 fully saturated rings. The maximum absolute atomic E-state index is 11.1. The Morgan fingerprint density at radius 1 is 1.00 bits per heavy atom. The number of benzene rings is 2. The number of aliphatic hydroxyl groups excluding tert-OH is 2. The van der Waals surface area contributed by atoms with Gasteiger partial charge in [-0.1, -0.05) is 78.9 Å². The molecule has 0 spiro atoms. The lowest BCUT2D eigenvalue weighted by molar-refractivity contribution is -0.143. The van der Waals surface area contributed by atoms with Crippen molar-refractivity contribution in [1.82, 2.24) is 0 Å². The molecule has 136 valence electrons. The molecule has 0 saturated carbocycles. The maximum Gasteiger partial charge on any atom is 0.308 e. The molecule has 0 amide bonds. The minimum Gasteiger partial charge on any atom is -0.469 e. The molecule has 2 rings (SSSR count). The maximum atomic E-state index is 11.1. The molecular formula is C22H24O4. The molecule has 2 N–H and O–H groups in total. The van der Waals surface area contributed by atoms with Gasteiger partial charge in [-0.25, -0.2) is 0 Å². The van der Waals surface area contributed by atoms with Crippen molar-refractivity contribution in [3.63, 3.8) is 0 Å². The summed E-state index contributed by atoms with van der Waals surface area (Å²) in [6, 6.07) is 20.0. The highest BCUT2D eigenvalue weighted by Crippen LogP contribution is 2.23. The molecule has 26 heavy (non-hydrogen) atoms. The van der Waals surface area contributed by atoms with E-state index in [2.05, 4.69) is 4.74 Å². The third kappa shape index (κ3) is 6.31. The zero-order chi connectivity index (χ0) is 18.8. The SMILES string of the molecule is COC(=O)C[C@H](O)C[C@H](O)C=CC=C(c1ccccc1)c1ccccc1. The topological polar surface area (TPSA) is 66.8 Å². The molecule has 0 aliphatic heterocycles. The molecule has 4 nitrogen and oxygen atoms in total. The fourth-order valence-corrected chi connectivity index (χ4v) is 2.59. The van der Waals surface area contributed by atoms with Crippen LogP contribution in [0.25, 0.3) is 5.57 Å². The van der Waals surface area contributed by atoms with E-state index in [-0.39, 0.29) is 12.8 Å². The Kier molecular flexibility index (Phi) is 7.80. The number of hydrogen-bond acceptors (Lipinski definition) is 4. The first kappa shape index (κ1) is 19.6. The molecule has 4 heteroatoms. The van der Waals surface area contributed by atoms with Gasteiger partial charge in [0.2, 0.25) is 0 Å². The number of rotatable bonds is 8. The molecule has 0 aromatic heterocycles. The van der Waals surface area contributed by atoms with Crippen LogP contribution in [0.3, 0.4) is 0 Å². The largest absolute Gasteiger partial charge is 0.469 e. The Bertz CT molecular complexity index is 694. The van der Waals surface area contributed by atoms with E-state index in [1.54, 1.807) is 12.2 Å². The molecule has 2 aromatic carbocycles. The lowest BCUT2D eigenvalue weighted by atomic mass is 9.97. The zero-order valence-corrected chi connectivity index (χ0v) is 14.8. The third-order valence-corrected chi connectivity index (χ3v) is 3.91. The van der Waals surface area contributed by atoms with Crippen molar-refractivity contribution in [1.29, 1.82) is 0 Å². The third-order valence-electron chi connectivity index (χ3n) is 3.91. The van der Waals surface area contributed by atoms with Crippen LogP contribution in [0.15, 0.2) is 78.9 Å². The van der Waals surface area contributed by atoms with Crippen LogP contribution in [-0.4, -0.2) is 35.5 Å². The van der Waals surface area contributed by atoms with Gasteiger partial charge in [0.05, 0.1) is 25.7 Å². The van der Waals surface area contributed by atoms with Crippen molar-refractivity contribution in [3.05, 3.63) is 90.0 Å². The van der Waals surface area contributed by atoms with E-state index in [0.29, 0.717) is 0 Å². The Balaban J connectivity index is 2.10. The first-order valence-electron chi connectivity index (χ1n) is 8.52. The van der Waals surface area contributed by atoms with Crippen LogP contribution in [-0.2, 0) is 9.53 Å². The van der Waals surface area contributed by atoms with Gasteiger partial charge < -0.3 is 14.9 Å². The normalized spacial score (nSPS) is 13.2. The molecule has 0 heterocycles. The molecule has 0 aliphatic rings. The van der Waals surface area contributed by atoms with Gasteiger partial charge in [-0.3, -0.25) is 4.79 Å². The van der Waals surface area contributed by atoms with Gasteiger partial charge in [0, 0.05) is 6.42 Å².